The fourth-order valence-corrected chi connectivity index (χ4v) is 5.15. The SMILES string of the molecule is CC1CC(C(=O)NCC2CCN(C)CC2)CN(c2ccc(C3C=N3)c3nccnc23)C1. The normalized spacial score (nSPS) is 26.9. The lowest BCUT2D eigenvalue weighted by Gasteiger charge is -2.38. The predicted molar refractivity (Wildman–Crippen MR) is 123 cm³/mol. The summed E-state index contributed by atoms with van der Waals surface area (Å²) in [7, 11) is 2.17. The van der Waals surface area contributed by atoms with Crippen LogP contribution in [0.15, 0.2) is 29.5 Å². The van der Waals surface area contributed by atoms with E-state index < -0.39 is 0 Å². The first-order chi connectivity index (χ1) is 15.1. The minimum Gasteiger partial charge on any atom is -0.369 e. The standard InChI is InChI=1S/C24H32N6O/c1-16-11-18(24(31)28-12-17-5-9-29(2)10-6-17)15-30(14-16)21-4-3-19(20-13-27-20)22-23(21)26-8-7-25-22/h3-4,7-8,13,16-18,20H,5-6,9-12,14-15H2,1-2H3,(H,28,31). The molecule has 3 aliphatic rings. The molecule has 2 aromatic rings. The molecule has 3 unspecified atom stereocenters. The Morgan fingerprint density at radius 3 is 2.61 bits per heavy atom. The van der Waals surface area contributed by atoms with Gasteiger partial charge in [0.15, 0.2) is 0 Å². The number of anilines is 1. The van der Waals surface area contributed by atoms with Gasteiger partial charge in [-0.1, -0.05) is 13.0 Å². The predicted octanol–water partition coefficient (Wildman–Crippen LogP) is 2.68. The summed E-state index contributed by atoms with van der Waals surface area (Å²) < 4.78 is 0. The number of hydrogen-bond donors (Lipinski definition) is 1. The van der Waals surface area contributed by atoms with E-state index in [-0.39, 0.29) is 17.9 Å². The Hall–Kier alpha value is -2.54. The zero-order valence-electron chi connectivity index (χ0n) is 18.5. The molecule has 0 aliphatic carbocycles. The molecule has 2 fully saturated rings. The molecule has 1 aromatic heterocycles. The largest absolute Gasteiger partial charge is 0.369 e. The van der Waals surface area contributed by atoms with Crippen LogP contribution in [0.2, 0.25) is 0 Å². The molecular formula is C24H32N6O. The van der Waals surface area contributed by atoms with Crippen LogP contribution in [-0.4, -0.2) is 66.8 Å². The van der Waals surface area contributed by atoms with Crippen molar-refractivity contribution < 1.29 is 4.79 Å². The first-order valence-electron chi connectivity index (χ1n) is 11.6. The monoisotopic (exact) mass is 420 g/mol. The van der Waals surface area contributed by atoms with E-state index in [0.717, 1.165) is 61.4 Å². The molecule has 0 radical (unpaired) electrons. The van der Waals surface area contributed by atoms with Crippen molar-refractivity contribution in [1.82, 2.24) is 20.2 Å². The second-order valence-corrected chi connectivity index (χ2v) is 9.61. The third-order valence-electron chi connectivity index (χ3n) is 7.03. The van der Waals surface area contributed by atoms with Crippen LogP contribution < -0.4 is 10.2 Å². The van der Waals surface area contributed by atoms with Gasteiger partial charge in [0.2, 0.25) is 5.91 Å². The molecule has 1 amide bonds. The number of hydrogen-bond acceptors (Lipinski definition) is 6. The number of carbonyl (C=O) groups is 1. The van der Waals surface area contributed by atoms with Gasteiger partial charge in [0.25, 0.3) is 0 Å². The second kappa shape index (κ2) is 8.54. The van der Waals surface area contributed by atoms with Crippen molar-refractivity contribution >= 4 is 28.8 Å². The number of rotatable bonds is 5. The zero-order chi connectivity index (χ0) is 21.4. The zero-order valence-corrected chi connectivity index (χ0v) is 18.5. The van der Waals surface area contributed by atoms with Crippen LogP contribution in [-0.2, 0) is 4.79 Å². The van der Waals surface area contributed by atoms with Crippen LogP contribution >= 0.6 is 0 Å². The number of likely N-dealkylation sites (tertiary alicyclic amines) is 1. The van der Waals surface area contributed by atoms with E-state index in [1.165, 1.54) is 12.8 Å². The summed E-state index contributed by atoms with van der Waals surface area (Å²) in [5, 5.41) is 3.27. The van der Waals surface area contributed by atoms with E-state index in [1.54, 1.807) is 12.4 Å². The summed E-state index contributed by atoms with van der Waals surface area (Å²) >= 11 is 0. The van der Waals surface area contributed by atoms with Gasteiger partial charge in [0, 0.05) is 43.8 Å². The molecule has 0 saturated carbocycles. The maximum Gasteiger partial charge on any atom is 0.224 e. The fraction of sp³-hybridized carbons (Fsp3) is 0.583. The molecule has 1 N–H and O–H groups in total. The third kappa shape index (κ3) is 4.42. The number of nitrogens with zero attached hydrogens (tertiary/aromatic N) is 5. The highest BCUT2D eigenvalue weighted by molar-refractivity contribution is 5.95. The van der Waals surface area contributed by atoms with Crippen LogP contribution in [0.25, 0.3) is 11.0 Å². The summed E-state index contributed by atoms with van der Waals surface area (Å²) in [6.07, 6.45) is 8.72. The Labute approximate surface area is 184 Å². The van der Waals surface area contributed by atoms with Gasteiger partial charge >= 0.3 is 0 Å². The fourth-order valence-electron chi connectivity index (χ4n) is 5.15. The Balaban J connectivity index is 1.30. The topological polar surface area (TPSA) is 73.7 Å². The van der Waals surface area contributed by atoms with Gasteiger partial charge < -0.3 is 15.1 Å². The second-order valence-electron chi connectivity index (χ2n) is 9.61. The molecule has 2 saturated heterocycles. The molecule has 0 spiro atoms. The lowest BCUT2D eigenvalue weighted by molar-refractivity contribution is -0.125. The smallest absolute Gasteiger partial charge is 0.224 e. The van der Waals surface area contributed by atoms with Gasteiger partial charge in [-0.05, 0) is 57.3 Å². The van der Waals surface area contributed by atoms with Crippen LogP contribution in [0.5, 0.6) is 0 Å². The Morgan fingerprint density at radius 2 is 1.87 bits per heavy atom. The average molecular weight is 421 g/mol. The molecular weight excluding hydrogens is 388 g/mol. The molecule has 5 rings (SSSR count). The number of piperidine rings is 2. The number of aliphatic imine (C=N–C) groups is 1. The van der Waals surface area contributed by atoms with Crippen molar-refractivity contribution in [2.45, 2.75) is 32.2 Å². The molecule has 1 aromatic carbocycles. The van der Waals surface area contributed by atoms with Crippen molar-refractivity contribution in [3.63, 3.8) is 0 Å². The van der Waals surface area contributed by atoms with E-state index in [9.17, 15) is 4.79 Å². The van der Waals surface area contributed by atoms with E-state index >= 15 is 0 Å². The van der Waals surface area contributed by atoms with Crippen molar-refractivity contribution in [1.29, 1.82) is 0 Å². The minimum absolute atomic E-state index is 0.00757. The number of aromatic nitrogens is 2. The van der Waals surface area contributed by atoms with Crippen LogP contribution in [0.1, 0.15) is 37.8 Å². The Kier molecular flexibility index (Phi) is 5.61. The van der Waals surface area contributed by atoms with Gasteiger partial charge in [-0.2, -0.15) is 0 Å². The van der Waals surface area contributed by atoms with Crippen molar-refractivity contribution in [3.8, 4) is 0 Å². The molecule has 31 heavy (non-hydrogen) atoms. The summed E-state index contributed by atoms with van der Waals surface area (Å²) in [6, 6.07) is 4.41. The summed E-state index contributed by atoms with van der Waals surface area (Å²) in [4.78, 5) is 31.3. The van der Waals surface area contributed by atoms with Crippen LogP contribution in [0.3, 0.4) is 0 Å². The van der Waals surface area contributed by atoms with E-state index in [2.05, 4.69) is 56.2 Å². The highest BCUT2D eigenvalue weighted by Crippen LogP contribution is 2.36. The highest BCUT2D eigenvalue weighted by atomic mass is 16.1. The van der Waals surface area contributed by atoms with Gasteiger partial charge in [0.1, 0.15) is 11.6 Å². The number of nitrogens with one attached hydrogen (secondary N) is 1. The number of amides is 1. The van der Waals surface area contributed by atoms with E-state index in [1.807, 2.05) is 6.21 Å². The lowest BCUT2D eigenvalue weighted by atomic mass is 9.88. The summed E-state index contributed by atoms with van der Waals surface area (Å²) in [5.41, 5.74) is 4.02. The molecule has 4 heterocycles. The van der Waals surface area contributed by atoms with E-state index in [4.69, 9.17) is 0 Å². The van der Waals surface area contributed by atoms with Crippen LogP contribution in [0, 0.1) is 17.8 Å². The highest BCUT2D eigenvalue weighted by Gasteiger charge is 2.32. The first kappa shape index (κ1) is 20.4. The summed E-state index contributed by atoms with van der Waals surface area (Å²) in [5.74, 6) is 1.27. The third-order valence-corrected chi connectivity index (χ3v) is 7.03. The van der Waals surface area contributed by atoms with E-state index in [0.29, 0.717) is 11.8 Å². The maximum absolute atomic E-state index is 13.1. The first-order valence-corrected chi connectivity index (χ1v) is 11.6. The molecule has 3 atom stereocenters. The van der Waals surface area contributed by atoms with Crippen molar-refractivity contribution in [3.05, 3.63) is 30.1 Å². The minimum atomic E-state index is 0.00757. The van der Waals surface area contributed by atoms with Crippen molar-refractivity contribution in [2.75, 3.05) is 44.7 Å². The molecule has 7 heteroatoms. The Bertz CT molecular complexity index is 977. The van der Waals surface area contributed by atoms with Gasteiger partial charge in [-0.25, -0.2) is 0 Å². The molecule has 3 aliphatic heterocycles. The average Bonchev–Trinajstić information content (AvgIpc) is 3.62. The van der Waals surface area contributed by atoms with Gasteiger partial charge in [-0.3, -0.25) is 19.8 Å². The van der Waals surface area contributed by atoms with Gasteiger partial charge in [0.05, 0.1) is 17.1 Å². The van der Waals surface area contributed by atoms with Gasteiger partial charge in [-0.15, -0.1) is 0 Å². The quantitative estimate of drug-likeness (QED) is 0.805. The lowest BCUT2D eigenvalue weighted by Crippen LogP contribution is -2.47. The molecule has 0 bridgehead atoms. The number of benzene rings is 1. The van der Waals surface area contributed by atoms with Crippen LogP contribution in [0.4, 0.5) is 5.69 Å². The Morgan fingerprint density at radius 1 is 1.13 bits per heavy atom. The number of carbonyl (C=O) groups excluding carboxylic acids is 1. The summed E-state index contributed by atoms with van der Waals surface area (Å²) in [6.45, 7) is 6.97. The molecule has 164 valence electrons. The molecule has 7 nitrogen and oxygen atoms in total. The number of fused-ring (bicyclic) bond motifs is 1. The van der Waals surface area contributed by atoms with Crippen molar-refractivity contribution in [2.24, 2.45) is 22.7 Å². The maximum atomic E-state index is 13.1.